The van der Waals surface area contributed by atoms with E-state index in [0.717, 1.165) is 16.9 Å². The third-order valence-corrected chi connectivity index (χ3v) is 3.37. The van der Waals surface area contributed by atoms with Gasteiger partial charge in [0, 0.05) is 12.1 Å². The van der Waals surface area contributed by atoms with E-state index < -0.39 is 0 Å². The molecule has 1 aromatic heterocycles. The van der Waals surface area contributed by atoms with Crippen LogP contribution in [0.1, 0.15) is 26.2 Å². The summed E-state index contributed by atoms with van der Waals surface area (Å²) in [6.07, 6.45) is 5.76. The van der Waals surface area contributed by atoms with Crippen molar-refractivity contribution in [2.45, 2.75) is 37.4 Å². The quantitative estimate of drug-likeness (QED) is 0.609. The summed E-state index contributed by atoms with van der Waals surface area (Å²) in [5.41, 5.74) is 5.72. The summed E-state index contributed by atoms with van der Waals surface area (Å²) in [5, 5.41) is 4.15. The number of anilines is 2. The summed E-state index contributed by atoms with van der Waals surface area (Å²) >= 11 is 1.51. The van der Waals surface area contributed by atoms with Gasteiger partial charge in [0.25, 0.3) is 0 Å². The highest BCUT2D eigenvalue weighted by Crippen LogP contribution is 2.37. The van der Waals surface area contributed by atoms with Crippen LogP contribution in [-0.2, 0) is 0 Å². The fraction of sp³-hybridized carbons (Fsp3) is 0.636. The Labute approximate surface area is 100 Å². The smallest absolute Gasteiger partial charge is 0.191 e. The lowest BCUT2D eigenvalue weighted by Gasteiger charge is -2.06. The first kappa shape index (κ1) is 11.5. The molecule has 1 aliphatic rings. The van der Waals surface area contributed by atoms with E-state index in [0.29, 0.717) is 11.9 Å². The molecule has 1 aliphatic carbocycles. The molecule has 5 heteroatoms. The van der Waals surface area contributed by atoms with Gasteiger partial charge >= 0.3 is 0 Å². The standard InChI is InChI=1S/C11H18N4S/c1-3-4-7-5-8(7)13-10-6-9(12)14-11(15-10)16-2/h6-8H,3-5H2,1-2H3,(H3,12,13,14,15). The number of hydrogen-bond acceptors (Lipinski definition) is 5. The van der Waals surface area contributed by atoms with Gasteiger partial charge < -0.3 is 11.1 Å². The van der Waals surface area contributed by atoms with Crippen molar-refractivity contribution in [2.24, 2.45) is 5.92 Å². The molecule has 0 saturated heterocycles. The summed E-state index contributed by atoms with van der Waals surface area (Å²) in [6, 6.07) is 2.39. The van der Waals surface area contributed by atoms with Crippen molar-refractivity contribution >= 4 is 23.4 Å². The Morgan fingerprint density at radius 1 is 1.56 bits per heavy atom. The zero-order valence-corrected chi connectivity index (χ0v) is 10.5. The van der Waals surface area contributed by atoms with Crippen molar-refractivity contribution < 1.29 is 0 Å². The fourth-order valence-electron chi connectivity index (χ4n) is 1.91. The van der Waals surface area contributed by atoms with Crippen molar-refractivity contribution in [2.75, 3.05) is 17.3 Å². The Morgan fingerprint density at radius 3 is 3.06 bits per heavy atom. The minimum atomic E-state index is 0.537. The molecule has 16 heavy (non-hydrogen) atoms. The van der Waals surface area contributed by atoms with Crippen molar-refractivity contribution in [1.82, 2.24) is 9.97 Å². The first-order valence-corrected chi connectivity index (χ1v) is 6.90. The van der Waals surface area contributed by atoms with Crippen LogP contribution < -0.4 is 11.1 Å². The van der Waals surface area contributed by atoms with Crippen LogP contribution in [-0.4, -0.2) is 22.3 Å². The van der Waals surface area contributed by atoms with E-state index in [1.165, 1.54) is 31.0 Å². The number of thioether (sulfide) groups is 1. The zero-order chi connectivity index (χ0) is 11.5. The molecular weight excluding hydrogens is 220 g/mol. The summed E-state index contributed by atoms with van der Waals surface area (Å²) in [7, 11) is 0. The van der Waals surface area contributed by atoms with Crippen molar-refractivity contribution in [3.63, 3.8) is 0 Å². The van der Waals surface area contributed by atoms with Gasteiger partial charge in [-0.3, -0.25) is 0 Å². The van der Waals surface area contributed by atoms with E-state index in [-0.39, 0.29) is 0 Å². The third-order valence-electron chi connectivity index (χ3n) is 2.82. The first-order chi connectivity index (χ1) is 7.72. The molecule has 4 nitrogen and oxygen atoms in total. The molecule has 0 aromatic carbocycles. The van der Waals surface area contributed by atoms with Gasteiger partial charge in [0.05, 0.1) is 0 Å². The Bertz CT molecular complexity index is 369. The lowest BCUT2D eigenvalue weighted by Crippen LogP contribution is -2.08. The zero-order valence-electron chi connectivity index (χ0n) is 9.73. The lowest BCUT2D eigenvalue weighted by atomic mass is 10.2. The van der Waals surface area contributed by atoms with Gasteiger partial charge in [-0.2, -0.15) is 0 Å². The molecular formula is C11H18N4S. The predicted octanol–water partition coefficient (Wildman–Crippen LogP) is 2.38. The van der Waals surface area contributed by atoms with Crippen LogP contribution in [0.5, 0.6) is 0 Å². The van der Waals surface area contributed by atoms with E-state index in [4.69, 9.17) is 5.73 Å². The molecule has 0 aliphatic heterocycles. The monoisotopic (exact) mass is 238 g/mol. The molecule has 2 unspecified atom stereocenters. The molecule has 0 spiro atoms. The normalized spacial score (nSPS) is 23.1. The molecule has 0 bridgehead atoms. The molecule has 2 atom stereocenters. The SMILES string of the molecule is CCCC1CC1Nc1cc(N)nc(SC)n1. The highest BCUT2D eigenvalue weighted by molar-refractivity contribution is 7.98. The summed E-state index contributed by atoms with van der Waals surface area (Å²) in [4.78, 5) is 8.51. The highest BCUT2D eigenvalue weighted by atomic mass is 32.2. The van der Waals surface area contributed by atoms with Crippen molar-refractivity contribution in [1.29, 1.82) is 0 Å². The van der Waals surface area contributed by atoms with Crippen LogP contribution in [0.2, 0.25) is 0 Å². The number of rotatable bonds is 5. The minimum absolute atomic E-state index is 0.537. The summed E-state index contributed by atoms with van der Waals surface area (Å²) < 4.78 is 0. The number of nitrogens with one attached hydrogen (secondary N) is 1. The molecule has 1 saturated carbocycles. The van der Waals surface area contributed by atoms with Gasteiger partial charge in [-0.05, 0) is 25.0 Å². The van der Waals surface area contributed by atoms with Crippen molar-refractivity contribution in [3.8, 4) is 0 Å². The summed E-state index contributed by atoms with van der Waals surface area (Å²) in [5.74, 6) is 2.22. The van der Waals surface area contributed by atoms with E-state index in [9.17, 15) is 0 Å². The third kappa shape index (κ3) is 2.78. The van der Waals surface area contributed by atoms with Gasteiger partial charge in [-0.1, -0.05) is 25.1 Å². The number of hydrogen-bond donors (Lipinski definition) is 2. The predicted molar refractivity (Wildman–Crippen MR) is 68.7 cm³/mol. The molecule has 1 aromatic rings. The van der Waals surface area contributed by atoms with Crippen molar-refractivity contribution in [3.05, 3.63) is 6.07 Å². The van der Waals surface area contributed by atoms with Crippen LogP contribution in [0.25, 0.3) is 0 Å². The number of nitrogens with zero attached hydrogens (tertiary/aromatic N) is 2. The lowest BCUT2D eigenvalue weighted by molar-refractivity contribution is 0.691. The molecule has 1 heterocycles. The molecule has 2 rings (SSSR count). The van der Waals surface area contributed by atoms with Gasteiger partial charge in [-0.25, -0.2) is 9.97 Å². The van der Waals surface area contributed by atoms with Crippen LogP contribution in [0.4, 0.5) is 11.6 Å². The molecule has 3 N–H and O–H groups in total. The second kappa shape index (κ2) is 4.91. The molecule has 88 valence electrons. The average Bonchev–Trinajstić information content (AvgIpc) is 2.96. The van der Waals surface area contributed by atoms with Gasteiger partial charge in [0.1, 0.15) is 11.6 Å². The molecule has 0 amide bonds. The van der Waals surface area contributed by atoms with Crippen LogP contribution in [0.15, 0.2) is 11.2 Å². The maximum atomic E-state index is 5.72. The molecule has 0 radical (unpaired) electrons. The second-order valence-electron chi connectivity index (χ2n) is 4.20. The Kier molecular flexibility index (Phi) is 3.53. The Balaban J connectivity index is 1.97. The van der Waals surface area contributed by atoms with E-state index in [1.54, 1.807) is 6.07 Å². The maximum Gasteiger partial charge on any atom is 0.191 e. The van der Waals surface area contributed by atoms with E-state index in [2.05, 4.69) is 22.2 Å². The van der Waals surface area contributed by atoms with Gasteiger partial charge in [0.2, 0.25) is 0 Å². The van der Waals surface area contributed by atoms with E-state index >= 15 is 0 Å². The topological polar surface area (TPSA) is 63.8 Å². The largest absolute Gasteiger partial charge is 0.383 e. The second-order valence-corrected chi connectivity index (χ2v) is 4.97. The van der Waals surface area contributed by atoms with Gasteiger partial charge in [0.15, 0.2) is 5.16 Å². The highest BCUT2D eigenvalue weighted by Gasteiger charge is 2.36. The minimum Gasteiger partial charge on any atom is -0.383 e. The summed E-state index contributed by atoms with van der Waals surface area (Å²) in [6.45, 7) is 2.23. The Hall–Kier alpha value is -0.970. The first-order valence-electron chi connectivity index (χ1n) is 5.68. The van der Waals surface area contributed by atoms with Gasteiger partial charge in [-0.15, -0.1) is 0 Å². The number of nitrogens with two attached hydrogens (primary N) is 1. The maximum absolute atomic E-state index is 5.72. The molecule has 1 fully saturated rings. The average molecular weight is 238 g/mol. The van der Waals surface area contributed by atoms with Crippen LogP contribution >= 0.6 is 11.8 Å². The fourth-order valence-corrected chi connectivity index (χ4v) is 2.30. The number of nitrogen functional groups attached to an aromatic ring is 1. The van der Waals surface area contributed by atoms with Crippen LogP contribution in [0.3, 0.4) is 0 Å². The Morgan fingerprint density at radius 2 is 2.38 bits per heavy atom. The van der Waals surface area contributed by atoms with E-state index in [1.807, 2.05) is 6.26 Å². The number of aromatic nitrogens is 2. The van der Waals surface area contributed by atoms with Crippen LogP contribution in [0, 0.1) is 5.92 Å².